The molecule has 0 aliphatic rings. The molecule has 27 heavy (non-hydrogen) atoms. The monoisotopic (exact) mass is 369 g/mol. The lowest BCUT2D eigenvalue weighted by molar-refractivity contribution is -0.153. The zero-order valence-electron chi connectivity index (χ0n) is 16.4. The third-order valence-corrected chi connectivity index (χ3v) is 4.03. The molecule has 5 nitrogen and oxygen atoms in total. The van der Waals surface area contributed by atoms with E-state index in [-0.39, 0.29) is 19.6 Å². The average molecular weight is 369 g/mol. The van der Waals surface area contributed by atoms with Crippen molar-refractivity contribution in [3.63, 3.8) is 0 Å². The summed E-state index contributed by atoms with van der Waals surface area (Å²) in [5.74, 6) is -1.14. The lowest BCUT2D eigenvalue weighted by atomic mass is 10.1. The minimum absolute atomic E-state index is 0.132. The van der Waals surface area contributed by atoms with Crippen molar-refractivity contribution in [1.82, 2.24) is 0 Å². The largest absolute Gasteiger partial charge is 0.461 e. The first kappa shape index (κ1) is 20.6. The van der Waals surface area contributed by atoms with Crippen molar-refractivity contribution in [2.45, 2.75) is 53.4 Å². The van der Waals surface area contributed by atoms with Gasteiger partial charge in [0, 0.05) is 0 Å². The molecular formula is C22H27NO4. The Labute approximate surface area is 160 Å². The Morgan fingerprint density at radius 3 is 1.63 bits per heavy atom. The maximum atomic E-state index is 12.0. The van der Waals surface area contributed by atoms with Gasteiger partial charge in [0.15, 0.2) is 0 Å². The Morgan fingerprint density at radius 1 is 0.778 bits per heavy atom. The molecule has 2 rings (SSSR count). The van der Waals surface area contributed by atoms with E-state index in [2.05, 4.69) is 0 Å². The predicted molar refractivity (Wildman–Crippen MR) is 104 cm³/mol. The summed E-state index contributed by atoms with van der Waals surface area (Å²) in [4.78, 5) is 24.0. The molecule has 0 aromatic heterocycles. The van der Waals surface area contributed by atoms with Crippen molar-refractivity contribution in [2.24, 2.45) is 5.73 Å². The zero-order chi connectivity index (χ0) is 20.0. The molecule has 144 valence electrons. The van der Waals surface area contributed by atoms with Gasteiger partial charge in [-0.1, -0.05) is 58.7 Å². The summed E-state index contributed by atoms with van der Waals surface area (Å²) in [6.07, 6.45) is -0.212. The maximum absolute atomic E-state index is 12.0. The smallest absolute Gasteiger partial charge is 0.323 e. The van der Waals surface area contributed by atoms with Gasteiger partial charge in [0.25, 0.3) is 0 Å². The first-order valence-corrected chi connectivity index (χ1v) is 8.95. The van der Waals surface area contributed by atoms with E-state index in [1.165, 1.54) is 0 Å². The molecule has 0 saturated carbocycles. The second-order valence-electron chi connectivity index (χ2n) is 7.07. The number of aryl methyl sites for hydroxylation is 4. The molecule has 5 heteroatoms. The van der Waals surface area contributed by atoms with Crippen LogP contribution in [-0.2, 0) is 32.3 Å². The van der Waals surface area contributed by atoms with Gasteiger partial charge in [-0.15, -0.1) is 0 Å². The van der Waals surface area contributed by atoms with Crippen LogP contribution in [-0.4, -0.2) is 18.0 Å². The fourth-order valence-corrected chi connectivity index (χ4v) is 3.05. The van der Waals surface area contributed by atoms with Gasteiger partial charge in [0.05, 0.1) is 6.42 Å². The summed E-state index contributed by atoms with van der Waals surface area (Å²) >= 11 is 0. The average Bonchev–Trinajstić information content (AvgIpc) is 2.56. The van der Waals surface area contributed by atoms with Gasteiger partial charge < -0.3 is 15.2 Å². The van der Waals surface area contributed by atoms with E-state index in [4.69, 9.17) is 15.2 Å². The first-order chi connectivity index (χ1) is 12.7. The Kier molecular flexibility index (Phi) is 7.13. The van der Waals surface area contributed by atoms with Crippen LogP contribution in [0.25, 0.3) is 0 Å². The van der Waals surface area contributed by atoms with Crippen LogP contribution in [0.1, 0.15) is 39.8 Å². The van der Waals surface area contributed by atoms with Crippen LogP contribution in [0.4, 0.5) is 0 Å². The van der Waals surface area contributed by atoms with Crippen molar-refractivity contribution in [3.05, 3.63) is 69.8 Å². The third-order valence-electron chi connectivity index (χ3n) is 4.03. The van der Waals surface area contributed by atoms with Crippen LogP contribution >= 0.6 is 0 Å². The van der Waals surface area contributed by atoms with Gasteiger partial charge in [0.2, 0.25) is 0 Å². The van der Waals surface area contributed by atoms with Crippen LogP contribution in [0, 0.1) is 27.7 Å². The van der Waals surface area contributed by atoms with Gasteiger partial charge in [-0.2, -0.15) is 0 Å². The predicted octanol–water partition coefficient (Wildman–Crippen LogP) is 3.42. The molecule has 0 radical (unpaired) electrons. The number of benzene rings is 2. The number of ether oxygens (including phenoxy) is 2. The zero-order valence-corrected chi connectivity index (χ0v) is 16.4. The van der Waals surface area contributed by atoms with Crippen molar-refractivity contribution < 1.29 is 19.1 Å². The summed E-state index contributed by atoms with van der Waals surface area (Å²) in [7, 11) is 0. The van der Waals surface area contributed by atoms with Crippen LogP contribution in [0.3, 0.4) is 0 Å². The maximum Gasteiger partial charge on any atom is 0.323 e. The summed E-state index contributed by atoms with van der Waals surface area (Å²) in [6, 6.07) is 10.9. The Bertz CT molecular complexity index is 789. The number of carbonyl (C=O) groups excluding carboxylic acids is 2. The van der Waals surface area contributed by atoms with Gasteiger partial charge in [0.1, 0.15) is 19.3 Å². The minimum Gasteiger partial charge on any atom is -0.461 e. The number of esters is 2. The number of nitrogens with two attached hydrogens (primary N) is 1. The minimum atomic E-state index is -1.04. The Morgan fingerprint density at radius 2 is 1.19 bits per heavy atom. The highest BCUT2D eigenvalue weighted by atomic mass is 16.5. The second-order valence-corrected chi connectivity index (χ2v) is 7.07. The van der Waals surface area contributed by atoms with Crippen molar-refractivity contribution >= 4 is 11.9 Å². The Balaban J connectivity index is 1.79. The molecule has 0 bridgehead atoms. The van der Waals surface area contributed by atoms with E-state index in [0.717, 1.165) is 33.4 Å². The third kappa shape index (κ3) is 6.87. The fourth-order valence-electron chi connectivity index (χ4n) is 3.05. The summed E-state index contributed by atoms with van der Waals surface area (Å²) in [5, 5.41) is 0. The number of hydrogen-bond donors (Lipinski definition) is 1. The summed E-state index contributed by atoms with van der Waals surface area (Å²) < 4.78 is 10.4. The lowest BCUT2D eigenvalue weighted by Crippen LogP contribution is -2.35. The SMILES string of the molecule is Cc1cc(C)cc(COC(=O)C[C@H](N)C(=O)OCc2cc(C)cc(C)c2)c1. The van der Waals surface area contributed by atoms with Crippen LogP contribution < -0.4 is 5.73 Å². The topological polar surface area (TPSA) is 78.6 Å². The molecule has 0 saturated heterocycles. The molecule has 2 N–H and O–H groups in total. The molecule has 0 unspecified atom stereocenters. The molecule has 2 aromatic rings. The van der Waals surface area contributed by atoms with Gasteiger partial charge >= 0.3 is 11.9 Å². The summed E-state index contributed by atoms with van der Waals surface area (Å²) in [6.45, 7) is 8.23. The van der Waals surface area contributed by atoms with E-state index >= 15 is 0 Å². The van der Waals surface area contributed by atoms with E-state index in [1.54, 1.807) is 0 Å². The highest BCUT2D eigenvalue weighted by Crippen LogP contribution is 2.12. The molecule has 2 aromatic carbocycles. The highest BCUT2D eigenvalue weighted by Gasteiger charge is 2.20. The van der Waals surface area contributed by atoms with Gasteiger partial charge in [-0.25, -0.2) is 0 Å². The molecule has 0 aliphatic heterocycles. The van der Waals surface area contributed by atoms with E-state index in [0.29, 0.717) is 0 Å². The molecular weight excluding hydrogens is 342 g/mol. The van der Waals surface area contributed by atoms with Crippen LogP contribution in [0.15, 0.2) is 36.4 Å². The molecule has 0 amide bonds. The normalized spacial score (nSPS) is 11.7. The van der Waals surface area contributed by atoms with E-state index in [9.17, 15) is 9.59 Å². The van der Waals surface area contributed by atoms with Gasteiger partial charge in [-0.05, 0) is 38.8 Å². The van der Waals surface area contributed by atoms with Crippen molar-refractivity contribution in [3.8, 4) is 0 Å². The van der Waals surface area contributed by atoms with Crippen LogP contribution in [0.5, 0.6) is 0 Å². The molecule has 0 aliphatic carbocycles. The molecule has 0 fully saturated rings. The standard InChI is InChI=1S/C22H27NO4/c1-14-5-15(2)8-18(7-14)12-26-21(24)11-20(23)22(25)27-13-19-9-16(3)6-17(4)10-19/h5-10,20H,11-13,23H2,1-4H3/t20-/m0/s1. The number of rotatable bonds is 7. The van der Waals surface area contributed by atoms with Crippen molar-refractivity contribution in [2.75, 3.05) is 0 Å². The van der Waals surface area contributed by atoms with Gasteiger partial charge in [-0.3, -0.25) is 9.59 Å². The Hall–Kier alpha value is -2.66. The van der Waals surface area contributed by atoms with Crippen molar-refractivity contribution in [1.29, 1.82) is 0 Å². The molecule has 1 atom stereocenters. The quantitative estimate of drug-likeness (QED) is 0.757. The number of carbonyl (C=O) groups is 2. The second kappa shape index (κ2) is 9.33. The fraction of sp³-hybridized carbons (Fsp3) is 0.364. The first-order valence-electron chi connectivity index (χ1n) is 8.95. The highest BCUT2D eigenvalue weighted by molar-refractivity contribution is 5.82. The molecule has 0 heterocycles. The van der Waals surface area contributed by atoms with Crippen LogP contribution in [0.2, 0.25) is 0 Å². The van der Waals surface area contributed by atoms with E-state index < -0.39 is 18.0 Å². The molecule has 0 spiro atoms. The van der Waals surface area contributed by atoms with E-state index in [1.807, 2.05) is 64.1 Å². The lowest BCUT2D eigenvalue weighted by Gasteiger charge is -2.12. The number of hydrogen-bond acceptors (Lipinski definition) is 5. The summed E-state index contributed by atoms with van der Waals surface area (Å²) in [5.41, 5.74) is 12.0.